The summed E-state index contributed by atoms with van der Waals surface area (Å²) in [5.41, 5.74) is 0.483. The first-order valence-electron chi connectivity index (χ1n) is 7.81. The summed E-state index contributed by atoms with van der Waals surface area (Å²) in [6.45, 7) is 1.68. The minimum absolute atomic E-state index is 0.0182. The minimum atomic E-state index is -0.759. The first-order chi connectivity index (χ1) is 11.1. The van der Waals surface area contributed by atoms with Gasteiger partial charge in [0.15, 0.2) is 0 Å². The van der Waals surface area contributed by atoms with E-state index in [1.165, 1.54) is 30.7 Å². The molecule has 2 amide bonds. The molecule has 1 atom stereocenters. The third kappa shape index (κ3) is 3.85. The monoisotopic (exact) mass is 318 g/mol. The SMILES string of the molecule is O=C1C[C@@H](C(=O)Nc2ccc(F)cc2)N=C(N2CCCCC2)N1. The van der Waals surface area contributed by atoms with Gasteiger partial charge in [-0.2, -0.15) is 0 Å². The molecule has 1 fully saturated rings. The van der Waals surface area contributed by atoms with E-state index in [2.05, 4.69) is 15.6 Å². The van der Waals surface area contributed by atoms with Crippen molar-refractivity contribution in [1.29, 1.82) is 0 Å². The number of anilines is 1. The maximum absolute atomic E-state index is 12.9. The standard InChI is InChI=1S/C16H19FN4O2/c17-11-4-6-12(7-5-11)18-15(23)13-10-14(22)20-16(19-13)21-8-2-1-3-9-21/h4-7,13H,1-3,8-10H2,(H,18,23)(H,19,20,22)/t13-/m0/s1. The minimum Gasteiger partial charge on any atom is -0.343 e. The molecule has 23 heavy (non-hydrogen) atoms. The lowest BCUT2D eigenvalue weighted by Crippen LogP contribution is -2.51. The van der Waals surface area contributed by atoms with Crippen LogP contribution in [0, 0.1) is 5.82 Å². The van der Waals surface area contributed by atoms with E-state index in [-0.39, 0.29) is 24.1 Å². The van der Waals surface area contributed by atoms with Crippen LogP contribution < -0.4 is 10.6 Å². The van der Waals surface area contributed by atoms with Crippen molar-refractivity contribution in [2.45, 2.75) is 31.7 Å². The van der Waals surface area contributed by atoms with Gasteiger partial charge in [0, 0.05) is 18.8 Å². The highest BCUT2D eigenvalue weighted by atomic mass is 19.1. The number of rotatable bonds is 2. The molecule has 0 aliphatic carbocycles. The van der Waals surface area contributed by atoms with Crippen LogP contribution in [0.3, 0.4) is 0 Å². The van der Waals surface area contributed by atoms with Crippen molar-refractivity contribution in [3.63, 3.8) is 0 Å². The second-order valence-electron chi connectivity index (χ2n) is 5.76. The largest absolute Gasteiger partial charge is 0.343 e. The highest BCUT2D eigenvalue weighted by Crippen LogP contribution is 2.15. The summed E-state index contributed by atoms with van der Waals surface area (Å²) in [5, 5.41) is 5.42. The van der Waals surface area contributed by atoms with Crippen LogP contribution in [0.1, 0.15) is 25.7 Å². The number of likely N-dealkylation sites (tertiary alicyclic amines) is 1. The molecule has 0 aromatic heterocycles. The first kappa shape index (κ1) is 15.5. The Morgan fingerprint density at radius 1 is 1.22 bits per heavy atom. The molecule has 0 unspecified atom stereocenters. The molecule has 1 aromatic carbocycles. The van der Waals surface area contributed by atoms with E-state index >= 15 is 0 Å². The molecule has 3 rings (SSSR count). The smallest absolute Gasteiger partial charge is 0.249 e. The molecule has 0 spiro atoms. The number of nitrogens with one attached hydrogen (secondary N) is 2. The van der Waals surface area contributed by atoms with Crippen molar-refractivity contribution in [1.82, 2.24) is 10.2 Å². The number of benzene rings is 1. The molecule has 2 N–H and O–H groups in total. The number of piperidine rings is 1. The number of halogens is 1. The molecule has 7 heteroatoms. The fourth-order valence-corrected chi connectivity index (χ4v) is 2.75. The zero-order valence-corrected chi connectivity index (χ0v) is 12.7. The number of carbonyl (C=O) groups is 2. The van der Waals surface area contributed by atoms with Gasteiger partial charge in [0.05, 0.1) is 6.42 Å². The van der Waals surface area contributed by atoms with Gasteiger partial charge in [0.25, 0.3) is 0 Å². The van der Waals surface area contributed by atoms with Crippen LogP contribution in [0.15, 0.2) is 29.3 Å². The number of aliphatic imine (C=N–C) groups is 1. The second-order valence-corrected chi connectivity index (χ2v) is 5.76. The summed E-state index contributed by atoms with van der Waals surface area (Å²) in [4.78, 5) is 30.6. The van der Waals surface area contributed by atoms with Crippen molar-refractivity contribution in [2.75, 3.05) is 18.4 Å². The summed E-state index contributed by atoms with van der Waals surface area (Å²) >= 11 is 0. The highest BCUT2D eigenvalue weighted by molar-refractivity contribution is 6.05. The molecule has 2 aliphatic rings. The summed E-state index contributed by atoms with van der Waals surface area (Å²) < 4.78 is 12.9. The molecule has 0 radical (unpaired) electrons. The average molecular weight is 318 g/mol. The van der Waals surface area contributed by atoms with Gasteiger partial charge in [-0.1, -0.05) is 0 Å². The number of guanidine groups is 1. The predicted octanol–water partition coefficient (Wildman–Crippen LogP) is 1.49. The van der Waals surface area contributed by atoms with Crippen LogP contribution in [-0.4, -0.2) is 41.8 Å². The number of hydrogen-bond acceptors (Lipinski definition) is 4. The van der Waals surface area contributed by atoms with Crippen LogP contribution in [0.4, 0.5) is 10.1 Å². The normalized spacial score (nSPS) is 21.4. The lowest BCUT2D eigenvalue weighted by molar-refractivity contribution is -0.125. The first-order valence-corrected chi connectivity index (χ1v) is 7.81. The zero-order valence-electron chi connectivity index (χ0n) is 12.7. The molecule has 2 aliphatic heterocycles. The summed E-state index contributed by atoms with van der Waals surface area (Å²) in [5.74, 6) is -0.452. The molecule has 0 saturated carbocycles. The van der Waals surface area contributed by atoms with Crippen molar-refractivity contribution < 1.29 is 14.0 Å². The highest BCUT2D eigenvalue weighted by Gasteiger charge is 2.29. The Morgan fingerprint density at radius 3 is 2.61 bits per heavy atom. The van der Waals surface area contributed by atoms with E-state index in [0.717, 1.165) is 25.9 Å². The Bertz CT molecular complexity index is 623. The molecule has 122 valence electrons. The van der Waals surface area contributed by atoms with Crippen LogP contribution >= 0.6 is 0 Å². The maximum Gasteiger partial charge on any atom is 0.249 e. The molecule has 1 aromatic rings. The number of carbonyl (C=O) groups excluding carboxylic acids is 2. The van der Waals surface area contributed by atoms with E-state index in [1.54, 1.807) is 0 Å². The quantitative estimate of drug-likeness (QED) is 0.868. The lowest BCUT2D eigenvalue weighted by atomic mass is 10.1. The van der Waals surface area contributed by atoms with Crippen LogP contribution in [0.5, 0.6) is 0 Å². The predicted molar refractivity (Wildman–Crippen MR) is 84.4 cm³/mol. The van der Waals surface area contributed by atoms with Gasteiger partial charge < -0.3 is 10.2 Å². The topological polar surface area (TPSA) is 73.8 Å². The summed E-state index contributed by atoms with van der Waals surface area (Å²) in [6, 6.07) is 4.74. The molecule has 1 saturated heterocycles. The van der Waals surface area contributed by atoms with E-state index in [9.17, 15) is 14.0 Å². The van der Waals surface area contributed by atoms with Gasteiger partial charge in [-0.05, 0) is 43.5 Å². The Balaban J connectivity index is 1.70. The van der Waals surface area contributed by atoms with E-state index in [4.69, 9.17) is 0 Å². The van der Waals surface area contributed by atoms with E-state index in [1.807, 2.05) is 4.90 Å². The van der Waals surface area contributed by atoms with Gasteiger partial charge >= 0.3 is 0 Å². The molecular weight excluding hydrogens is 299 g/mol. The van der Waals surface area contributed by atoms with Crippen molar-refractivity contribution >= 4 is 23.5 Å². The number of nitrogens with zero attached hydrogens (tertiary/aromatic N) is 2. The van der Waals surface area contributed by atoms with Gasteiger partial charge in [-0.3, -0.25) is 14.9 Å². The van der Waals surface area contributed by atoms with Gasteiger partial charge in [-0.25, -0.2) is 9.38 Å². The van der Waals surface area contributed by atoms with Crippen molar-refractivity contribution in [2.24, 2.45) is 4.99 Å². The fourth-order valence-electron chi connectivity index (χ4n) is 2.75. The number of hydrogen-bond donors (Lipinski definition) is 2. The van der Waals surface area contributed by atoms with Gasteiger partial charge in [-0.15, -0.1) is 0 Å². The van der Waals surface area contributed by atoms with E-state index < -0.39 is 6.04 Å². The van der Waals surface area contributed by atoms with Crippen LogP contribution in [-0.2, 0) is 9.59 Å². The van der Waals surface area contributed by atoms with Gasteiger partial charge in [0.1, 0.15) is 11.9 Å². The van der Waals surface area contributed by atoms with Crippen LogP contribution in [0.25, 0.3) is 0 Å². The third-order valence-corrected chi connectivity index (χ3v) is 3.98. The molecule has 0 bridgehead atoms. The van der Waals surface area contributed by atoms with Gasteiger partial charge in [0.2, 0.25) is 17.8 Å². The second kappa shape index (κ2) is 6.76. The lowest BCUT2D eigenvalue weighted by Gasteiger charge is -2.32. The Hall–Kier alpha value is -2.44. The molecular formula is C16H19FN4O2. The Labute approximate surface area is 133 Å². The number of amides is 2. The average Bonchev–Trinajstić information content (AvgIpc) is 2.57. The van der Waals surface area contributed by atoms with Crippen LogP contribution in [0.2, 0.25) is 0 Å². The Morgan fingerprint density at radius 2 is 1.91 bits per heavy atom. The van der Waals surface area contributed by atoms with Crippen molar-refractivity contribution in [3.05, 3.63) is 30.1 Å². The fraction of sp³-hybridized carbons (Fsp3) is 0.438. The molecule has 6 nitrogen and oxygen atoms in total. The third-order valence-electron chi connectivity index (χ3n) is 3.98. The molecule has 2 heterocycles. The van der Waals surface area contributed by atoms with Crippen molar-refractivity contribution in [3.8, 4) is 0 Å². The van der Waals surface area contributed by atoms with E-state index in [0.29, 0.717) is 11.6 Å². The summed E-state index contributed by atoms with van der Waals surface area (Å²) in [7, 11) is 0. The summed E-state index contributed by atoms with van der Waals surface area (Å²) in [6.07, 6.45) is 3.30. The zero-order chi connectivity index (χ0) is 16.2. The maximum atomic E-state index is 12.9. The Kier molecular flexibility index (Phi) is 4.55.